The first-order valence-corrected chi connectivity index (χ1v) is 8.68. The third-order valence-corrected chi connectivity index (χ3v) is 4.39. The summed E-state index contributed by atoms with van der Waals surface area (Å²) < 4.78 is 28.6. The average Bonchev–Trinajstić information content (AvgIpc) is 2.96. The molecule has 1 heterocycles. The Morgan fingerprint density at radius 1 is 1.57 bits per heavy atom. The summed E-state index contributed by atoms with van der Waals surface area (Å²) in [6.45, 7) is 2.99. The number of rotatable bonds is 7. The van der Waals surface area contributed by atoms with Gasteiger partial charge in [0.25, 0.3) is 11.8 Å². The molecule has 28 heavy (non-hydrogen) atoms. The lowest BCUT2D eigenvalue weighted by atomic mass is 10.1. The molecule has 3 N–H and O–H groups in total. The predicted molar refractivity (Wildman–Crippen MR) is 105 cm³/mol. The number of benzene rings is 1. The molecule has 1 aromatic carbocycles. The van der Waals surface area contributed by atoms with Crippen LogP contribution in [-0.4, -0.2) is 55.5 Å². The molecule has 1 aliphatic rings. The van der Waals surface area contributed by atoms with Gasteiger partial charge < -0.3 is 10.6 Å². The summed E-state index contributed by atoms with van der Waals surface area (Å²) >= 11 is 5.75. The molecule has 1 aliphatic heterocycles. The third-order valence-electron chi connectivity index (χ3n) is 4.19. The van der Waals surface area contributed by atoms with Crippen LogP contribution in [0.2, 0.25) is 0 Å². The van der Waals surface area contributed by atoms with Crippen molar-refractivity contribution in [1.29, 1.82) is 5.26 Å². The van der Waals surface area contributed by atoms with Crippen molar-refractivity contribution >= 4 is 36.1 Å². The number of nitrogens with one attached hydrogen (secondary N) is 1. The zero-order valence-corrected chi connectivity index (χ0v) is 15.7. The van der Waals surface area contributed by atoms with E-state index in [1.165, 1.54) is 30.6 Å². The second kappa shape index (κ2) is 9.39. The highest BCUT2D eigenvalue weighted by Gasteiger charge is 2.50. The van der Waals surface area contributed by atoms with Gasteiger partial charge in [0.2, 0.25) is 0 Å². The van der Waals surface area contributed by atoms with Crippen LogP contribution in [-0.2, 0) is 0 Å². The standard InChI is InChI=1S/C18H19ClF2N6O/c1-24-8-13(19)9-25-11-26-10-16-18(20,21)4-5-27(16)17(28)14-6-12(7-22)2-3-15(14)23/h2-3,6,8-9,16,26H,1,4-5,10-11,23H2/b13-8+,25-9?/t16-/m1/s1. The zero-order chi connectivity index (χ0) is 20.7. The molecule has 1 amide bonds. The lowest BCUT2D eigenvalue weighted by Gasteiger charge is -2.28. The number of anilines is 1. The van der Waals surface area contributed by atoms with Gasteiger partial charge in [-0.15, -0.1) is 0 Å². The molecule has 0 spiro atoms. The monoisotopic (exact) mass is 408 g/mol. The number of amides is 1. The highest BCUT2D eigenvalue weighted by molar-refractivity contribution is 6.39. The lowest BCUT2D eigenvalue weighted by Crippen LogP contribution is -2.48. The van der Waals surface area contributed by atoms with Crippen molar-refractivity contribution in [2.45, 2.75) is 18.4 Å². The maximum absolute atomic E-state index is 14.3. The molecule has 0 bridgehead atoms. The molecule has 1 atom stereocenters. The molecular weight excluding hydrogens is 390 g/mol. The number of halogens is 3. The van der Waals surface area contributed by atoms with Gasteiger partial charge in [0.1, 0.15) is 6.04 Å². The van der Waals surface area contributed by atoms with E-state index in [2.05, 4.69) is 22.0 Å². The molecule has 0 aromatic heterocycles. The van der Waals surface area contributed by atoms with Gasteiger partial charge in [-0.2, -0.15) is 5.26 Å². The Morgan fingerprint density at radius 2 is 2.32 bits per heavy atom. The van der Waals surface area contributed by atoms with Crippen LogP contribution in [0, 0.1) is 11.3 Å². The smallest absolute Gasteiger partial charge is 0.271 e. The van der Waals surface area contributed by atoms with Crippen LogP contribution in [0.5, 0.6) is 0 Å². The molecule has 0 saturated carbocycles. The molecule has 10 heteroatoms. The van der Waals surface area contributed by atoms with Gasteiger partial charge in [-0.1, -0.05) is 11.6 Å². The maximum atomic E-state index is 14.3. The van der Waals surface area contributed by atoms with E-state index in [4.69, 9.17) is 22.6 Å². The Labute approximate surface area is 166 Å². The maximum Gasteiger partial charge on any atom is 0.271 e. The lowest BCUT2D eigenvalue weighted by molar-refractivity contribution is -0.0286. The number of nitrogen functional groups attached to an aromatic ring is 1. The molecule has 1 saturated heterocycles. The van der Waals surface area contributed by atoms with Gasteiger partial charge in [-0.05, 0) is 24.9 Å². The minimum Gasteiger partial charge on any atom is -0.398 e. The molecule has 1 aromatic rings. The largest absolute Gasteiger partial charge is 0.398 e. The molecule has 0 radical (unpaired) electrons. The Kier molecular flexibility index (Phi) is 7.20. The van der Waals surface area contributed by atoms with Crippen LogP contribution in [0.3, 0.4) is 0 Å². The summed E-state index contributed by atoms with van der Waals surface area (Å²) in [5.41, 5.74) is 6.21. The molecule has 1 fully saturated rings. The van der Waals surface area contributed by atoms with E-state index in [0.29, 0.717) is 0 Å². The molecular formula is C18H19ClF2N6O. The number of allylic oxidation sites excluding steroid dienone is 1. The summed E-state index contributed by atoms with van der Waals surface area (Å²) in [4.78, 5) is 21.3. The van der Waals surface area contributed by atoms with Crippen LogP contribution in [0.15, 0.2) is 39.4 Å². The summed E-state index contributed by atoms with van der Waals surface area (Å²) in [5, 5.41) is 12.0. The number of hydrogen-bond donors (Lipinski definition) is 2. The number of alkyl halides is 2. The fourth-order valence-electron chi connectivity index (χ4n) is 2.81. The predicted octanol–water partition coefficient (Wildman–Crippen LogP) is 2.39. The molecule has 148 valence electrons. The van der Waals surface area contributed by atoms with Gasteiger partial charge >= 0.3 is 0 Å². The van der Waals surface area contributed by atoms with Crippen molar-refractivity contribution in [3.8, 4) is 6.07 Å². The van der Waals surface area contributed by atoms with E-state index >= 15 is 0 Å². The number of nitriles is 1. The summed E-state index contributed by atoms with van der Waals surface area (Å²) in [6.07, 6.45) is 2.15. The van der Waals surface area contributed by atoms with E-state index in [-0.39, 0.29) is 41.6 Å². The number of hydrogen-bond acceptors (Lipinski definition) is 6. The number of nitrogens with zero attached hydrogens (tertiary/aromatic N) is 4. The highest BCUT2D eigenvalue weighted by Crippen LogP contribution is 2.35. The Balaban J connectivity index is 2.09. The van der Waals surface area contributed by atoms with Crippen LogP contribution in [0.1, 0.15) is 22.3 Å². The van der Waals surface area contributed by atoms with Crippen LogP contribution >= 0.6 is 11.6 Å². The van der Waals surface area contributed by atoms with Crippen LogP contribution in [0.4, 0.5) is 14.5 Å². The van der Waals surface area contributed by atoms with Gasteiger partial charge in [0.05, 0.1) is 28.9 Å². The van der Waals surface area contributed by atoms with Crippen molar-refractivity contribution in [3.05, 3.63) is 40.6 Å². The zero-order valence-electron chi connectivity index (χ0n) is 14.9. The molecule has 7 nitrogen and oxygen atoms in total. The topological polar surface area (TPSA) is 107 Å². The van der Waals surface area contributed by atoms with Gasteiger partial charge in [0, 0.05) is 37.6 Å². The quantitative estimate of drug-likeness (QED) is 0.410. The first-order chi connectivity index (χ1) is 13.3. The van der Waals surface area contributed by atoms with E-state index in [1.807, 2.05) is 6.07 Å². The van der Waals surface area contributed by atoms with E-state index in [1.54, 1.807) is 0 Å². The number of nitrogens with two attached hydrogens (primary N) is 1. The SMILES string of the molecule is C=N/C=C(/Cl)C=NCNC[C@H]1N(C(=O)c2cc(C#N)ccc2N)CCC1(F)F. The van der Waals surface area contributed by atoms with Crippen LogP contribution in [0.25, 0.3) is 0 Å². The van der Waals surface area contributed by atoms with Crippen molar-refractivity contribution in [3.63, 3.8) is 0 Å². The van der Waals surface area contributed by atoms with E-state index in [0.717, 1.165) is 4.90 Å². The molecule has 0 unspecified atom stereocenters. The number of carbonyl (C=O) groups excluding carboxylic acids is 1. The molecule has 2 rings (SSSR count). The number of likely N-dealkylation sites (tertiary alicyclic amines) is 1. The van der Waals surface area contributed by atoms with Crippen molar-refractivity contribution in [2.24, 2.45) is 9.98 Å². The van der Waals surface area contributed by atoms with Crippen LogP contribution < -0.4 is 11.1 Å². The number of carbonyl (C=O) groups is 1. The average molecular weight is 409 g/mol. The van der Waals surface area contributed by atoms with Crippen molar-refractivity contribution in [1.82, 2.24) is 10.2 Å². The Bertz CT molecular complexity index is 849. The Morgan fingerprint density at radius 3 is 3.00 bits per heavy atom. The first kappa shape index (κ1) is 21.5. The summed E-state index contributed by atoms with van der Waals surface area (Å²) in [7, 11) is 0. The number of aliphatic imine (C=N–C) groups is 2. The second-order valence-electron chi connectivity index (χ2n) is 6.06. The van der Waals surface area contributed by atoms with Gasteiger partial charge in [-0.25, -0.2) is 8.78 Å². The first-order valence-electron chi connectivity index (χ1n) is 8.30. The highest BCUT2D eigenvalue weighted by atomic mass is 35.5. The normalized spacial score (nSPS) is 19.0. The van der Waals surface area contributed by atoms with Crippen molar-refractivity contribution < 1.29 is 13.6 Å². The third kappa shape index (κ3) is 5.12. The summed E-state index contributed by atoms with van der Waals surface area (Å²) in [6, 6.07) is 4.73. The minimum absolute atomic E-state index is 0.0296. The Hall–Kier alpha value is -2.83. The molecule has 0 aliphatic carbocycles. The van der Waals surface area contributed by atoms with E-state index in [9.17, 15) is 13.6 Å². The van der Waals surface area contributed by atoms with Gasteiger partial charge in [0.15, 0.2) is 0 Å². The second-order valence-corrected chi connectivity index (χ2v) is 6.50. The van der Waals surface area contributed by atoms with Gasteiger partial charge in [-0.3, -0.25) is 20.1 Å². The fraction of sp³-hybridized carbons (Fsp3) is 0.333. The summed E-state index contributed by atoms with van der Waals surface area (Å²) in [5.74, 6) is -3.69. The minimum atomic E-state index is -3.06. The fourth-order valence-corrected chi connectivity index (χ4v) is 2.95. The van der Waals surface area contributed by atoms with E-state index < -0.39 is 24.3 Å². The van der Waals surface area contributed by atoms with Crippen molar-refractivity contribution in [2.75, 3.05) is 25.5 Å².